The molecule has 0 aromatic rings. The van der Waals surface area contributed by atoms with Crippen molar-refractivity contribution in [2.24, 2.45) is 11.8 Å². The van der Waals surface area contributed by atoms with Gasteiger partial charge >= 0.3 is 0 Å². The second kappa shape index (κ2) is 19.2. The first kappa shape index (κ1) is 45.3. The van der Waals surface area contributed by atoms with Crippen LogP contribution in [0, 0.1) is 11.8 Å². The van der Waals surface area contributed by atoms with Crippen LogP contribution in [0.25, 0.3) is 0 Å². The van der Waals surface area contributed by atoms with E-state index in [2.05, 4.69) is 10.2 Å². The van der Waals surface area contributed by atoms with Gasteiger partial charge in [0.15, 0.2) is 12.6 Å². The number of aliphatic hydroxyl groups is 3. The van der Waals surface area contributed by atoms with Gasteiger partial charge in [-0.1, -0.05) is 13.8 Å². The zero-order chi connectivity index (χ0) is 39.3. The number of nitrogens with one attached hydrogen (secondary N) is 1. The topological polar surface area (TPSA) is 170 Å². The number of rotatable bonds is 9. The molecule has 3 heterocycles. The molecule has 0 aromatic heterocycles. The molecule has 0 radical (unpaired) electrons. The fourth-order valence-corrected chi connectivity index (χ4v) is 8.31. The molecular weight excluding hydrogens is 678 g/mol. The summed E-state index contributed by atoms with van der Waals surface area (Å²) < 4.78 is 49.3. The number of likely N-dealkylation sites (N-methyl/N-ethyl adjacent to an activating group) is 2. The van der Waals surface area contributed by atoms with Gasteiger partial charge in [-0.3, -0.25) is 4.79 Å². The maximum absolute atomic E-state index is 14.1. The molecule has 3 aliphatic rings. The van der Waals surface area contributed by atoms with Gasteiger partial charge in [0.1, 0.15) is 24.4 Å². The molecule has 0 aliphatic carbocycles. The molecule has 3 fully saturated rings. The van der Waals surface area contributed by atoms with Crippen LogP contribution in [0.2, 0.25) is 0 Å². The molecule has 0 spiro atoms. The smallest absolute Gasteiger partial charge is 0.225 e. The Hall–Kier alpha value is -1.05. The molecule has 3 saturated heterocycles. The minimum atomic E-state index is -1.53. The predicted octanol–water partition coefficient (Wildman–Crippen LogP) is 0.992. The molecule has 4 N–H and O–H groups in total. The lowest BCUT2D eigenvalue weighted by molar-refractivity contribution is -0.317. The van der Waals surface area contributed by atoms with Crippen LogP contribution in [0.15, 0.2) is 0 Å². The molecule has 0 unspecified atom stereocenters. The number of nitrogens with zero attached hydrogens (tertiary/aromatic N) is 2. The Morgan fingerprint density at radius 1 is 0.904 bits per heavy atom. The average molecular weight is 750 g/mol. The highest BCUT2D eigenvalue weighted by atomic mass is 16.7. The van der Waals surface area contributed by atoms with Crippen LogP contribution in [-0.4, -0.2) is 184 Å². The first-order chi connectivity index (χ1) is 24.2. The van der Waals surface area contributed by atoms with E-state index in [1.54, 1.807) is 49.0 Å². The van der Waals surface area contributed by atoms with Crippen molar-refractivity contribution < 1.29 is 58.0 Å². The van der Waals surface area contributed by atoms with Crippen molar-refractivity contribution in [3.8, 4) is 0 Å². The van der Waals surface area contributed by atoms with Crippen molar-refractivity contribution in [3.63, 3.8) is 0 Å². The monoisotopic (exact) mass is 750 g/mol. The minimum Gasteiger partial charge on any atom is -0.387 e. The van der Waals surface area contributed by atoms with Gasteiger partial charge in [0.25, 0.3) is 0 Å². The molecule has 3 aliphatic heterocycles. The Morgan fingerprint density at radius 2 is 1.54 bits per heavy atom. The van der Waals surface area contributed by atoms with Crippen molar-refractivity contribution in [2.75, 3.05) is 62.7 Å². The summed E-state index contributed by atoms with van der Waals surface area (Å²) in [5.74, 6) is -1.79. The third kappa shape index (κ3) is 10.6. The summed E-state index contributed by atoms with van der Waals surface area (Å²) in [6.07, 6.45) is -7.10. The SMILES string of the molecule is CO[C@H]1[C@H](OC)CNC(=O)[C@H](C)[C@@H](O[C@H]2C[C@@](C)(OC)[C@@H](O)[C@H](C)O2)[C@H](C)[C@@H](O[C@@H]2O[C@H](C)C[C@H](N(C)C)[C@H]2O)[C@@](C)(O)C[C@@H](C)N(C)C[C@H]1OC. The van der Waals surface area contributed by atoms with Crippen molar-refractivity contribution in [1.82, 2.24) is 15.1 Å². The number of ether oxygens (including phenoxy) is 8. The van der Waals surface area contributed by atoms with E-state index < -0.39 is 84.4 Å². The van der Waals surface area contributed by atoms with Crippen molar-refractivity contribution >= 4 is 5.91 Å². The van der Waals surface area contributed by atoms with E-state index in [0.717, 1.165) is 0 Å². The van der Waals surface area contributed by atoms with E-state index in [1.165, 1.54) is 7.11 Å². The molecule has 15 heteroatoms. The molecule has 52 heavy (non-hydrogen) atoms. The van der Waals surface area contributed by atoms with Crippen molar-refractivity contribution in [1.29, 1.82) is 0 Å². The van der Waals surface area contributed by atoms with Crippen molar-refractivity contribution in [3.05, 3.63) is 0 Å². The van der Waals surface area contributed by atoms with E-state index in [-0.39, 0.29) is 43.5 Å². The predicted molar refractivity (Wildman–Crippen MR) is 194 cm³/mol. The number of methoxy groups -OCH3 is 4. The second-order valence-electron chi connectivity index (χ2n) is 16.2. The molecule has 3 rings (SSSR count). The summed E-state index contributed by atoms with van der Waals surface area (Å²) in [5.41, 5.74) is -2.51. The standard InChI is InChI=1S/C37H71N3O12/c1-20-16-36(6,44)33(52-35-29(41)25(39(8)9)15-21(2)49-35)22(3)30(51-28-17-37(7,48-14)32(42)24(5)50-28)23(4)34(43)38-18-26(45-11)31(47-13)27(46-12)19-40(20)10/h20-33,35,41-42,44H,15-19H2,1-14H3,(H,38,43)/t20-,21-,22+,23-,24+,25+,26-,27-,28+,29-,30+,31+,32+,33-,35+,36+,37-/m1/s1. The Bertz CT molecular complexity index is 1100. The normalized spacial score (nSPS) is 46.7. The van der Waals surface area contributed by atoms with Crippen LogP contribution in [0.1, 0.15) is 67.7 Å². The number of carbonyl (C=O) groups excluding carboxylic acids is 1. The van der Waals surface area contributed by atoms with E-state index in [1.807, 2.05) is 46.8 Å². The quantitative estimate of drug-likeness (QED) is 0.263. The zero-order valence-electron chi connectivity index (χ0n) is 34.1. The molecule has 0 aromatic carbocycles. The minimum absolute atomic E-state index is 0.132. The molecule has 1 amide bonds. The summed E-state index contributed by atoms with van der Waals surface area (Å²) in [6.45, 7) is 13.4. The van der Waals surface area contributed by atoms with Crippen molar-refractivity contribution in [2.45, 2.75) is 159 Å². The Kier molecular flexibility index (Phi) is 16.7. The third-order valence-electron chi connectivity index (χ3n) is 11.9. The number of carbonyl (C=O) groups is 1. The van der Waals surface area contributed by atoms with E-state index in [4.69, 9.17) is 37.9 Å². The van der Waals surface area contributed by atoms with Gasteiger partial charge in [0.05, 0.1) is 47.6 Å². The molecule has 17 atom stereocenters. The fraction of sp³-hybridized carbons (Fsp3) is 0.973. The van der Waals surface area contributed by atoms with E-state index in [9.17, 15) is 20.1 Å². The maximum atomic E-state index is 14.1. The highest BCUT2D eigenvalue weighted by Crippen LogP contribution is 2.39. The van der Waals surface area contributed by atoms with Gasteiger partial charge in [-0.25, -0.2) is 0 Å². The summed E-state index contributed by atoms with van der Waals surface area (Å²) in [6, 6.07) is -0.440. The molecule has 0 saturated carbocycles. The van der Waals surface area contributed by atoms with Crippen LogP contribution < -0.4 is 5.32 Å². The number of amides is 1. The van der Waals surface area contributed by atoms with Gasteiger partial charge < -0.3 is 68.3 Å². The lowest BCUT2D eigenvalue weighted by Gasteiger charge is -2.49. The lowest BCUT2D eigenvalue weighted by atomic mass is 9.78. The molecule has 15 nitrogen and oxygen atoms in total. The van der Waals surface area contributed by atoms with Gasteiger partial charge in [0.2, 0.25) is 5.91 Å². The third-order valence-corrected chi connectivity index (χ3v) is 11.9. The molecule has 306 valence electrons. The van der Waals surface area contributed by atoms with Crippen LogP contribution in [0.4, 0.5) is 0 Å². The van der Waals surface area contributed by atoms with Gasteiger partial charge in [0, 0.05) is 66.0 Å². The summed E-state index contributed by atoms with van der Waals surface area (Å²) in [4.78, 5) is 18.2. The lowest BCUT2D eigenvalue weighted by Crippen LogP contribution is -2.61. The Balaban J connectivity index is 2.14. The average Bonchev–Trinajstić information content (AvgIpc) is 3.08. The highest BCUT2D eigenvalue weighted by molar-refractivity contribution is 5.79. The maximum Gasteiger partial charge on any atom is 0.225 e. The van der Waals surface area contributed by atoms with Gasteiger partial charge in [-0.05, 0) is 68.6 Å². The van der Waals surface area contributed by atoms with E-state index in [0.29, 0.717) is 13.0 Å². The highest BCUT2D eigenvalue weighted by Gasteiger charge is 2.51. The first-order valence-electron chi connectivity index (χ1n) is 18.7. The fourth-order valence-electron chi connectivity index (χ4n) is 8.31. The summed E-state index contributed by atoms with van der Waals surface area (Å²) >= 11 is 0. The number of hydrogen-bond acceptors (Lipinski definition) is 14. The largest absolute Gasteiger partial charge is 0.387 e. The summed E-state index contributed by atoms with van der Waals surface area (Å²) in [5, 5.41) is 38.1. The van der Waals surface area contributed by atoms with Crippen LogP contribution in [0.3, 0.4) is 0 Å². The van der Waals surface area contributed by atoms with Crippen LogP contribution >= 0.6 is 0 Å². The Morgan fingerprint density at radius 3 is 2.10 bits per heavy atom. The van der Waals surface area contributed by atoms with E-state index >= 15 is 0 Å². The molecule has 0 bridgehead atoms. The Labute approximate surface area is 311 Å². The number of aliphatic hydroxyl groups excluding tert-OH is 2. The van der Waals surface area contributed by atoms with Crippen LogP contribution in [-0.2, 0) is 42.7 Å². The van der Waals surface area contributed by atoms with Crippen LogP contribution in [0.5, 0.6) is 0 Å². The summed E-state index contributed by atoms with van der Waals surface area (Å²) in [7, 11) is 12.1. The molecular formula is C37H71N3O12. The van der Waals surface area contributed by atoms with Gasteiger partial charge in [-0.2, -0.15) is 0 Å². The number of hydrogen-bond donors (Lipinski definition) is 4. The second-order valence-corrected chi connectivity index (χ2v) is 16.2. The van der Waals surface area contributed by atoms with Gasteiger partial charge in [-0.15, -0.1) is 0 Å². The zero-order valence-corrected chi connectivity index (χ0v) is 34.1. The first-order valence-corrected chi connectivity index (χ1v) is 18.7.